The molecule has 4 rings (SSSR count). The number of nitrogens with one attached hydrogen (secondary N) is 1. The molecule has 37 heavy (non-hydrogen) atoms. The molecule has 194 valence electrons. The Morgan fingerprint density at radius 2 is 2.00 bits per heavy atom. The smallest absolute Gasteiger partial charge is 0.164 e. The van der Waals surface area contributed by atoms with E-state index in [0.29, 0.717) is 34.5 Å². The van der Waals surface area contributed by atoms with E-state index in [4.69, 9.17) is 15.2 Å². The van der Waals surface area contributed by atoms with Gasteiger partial charge in [0.1, 0.15) is 17.9 Å². The van der Waals surface area contributed by atoms with Crippen LogP contribution in [0.3, 0.4) is 0 Å². The maximum absolute atomic E-state index is 15.3. The van der Waals surface area contributed by atoms with Gasteiger partial charge < -0.3 is 20.5 Å². The maximum Gasteiger partial charge on any atom is 0.164 e. The zero-order valence-electron chi connectivity index (χ0n) is 21.4. The molecular weight excluding hydrogens is 496 g/mol. The van der Waals surface area contributed by atoms with Gasteiger partial charge in [0.05, 0.1) is 18.3 Å². The highest BCUT2D eigenvalue weighted by Crippen LogP contribution is 2.51. The number of anilines is 2. The molecule has 0 fully saturated rings. The Kier molecular flexibility index (Phi) is 7.57. The first-order valence-electron chi connectivity index (χ1n) is 11.7. The summed E-state index contributed by atoms with van der Waals surface area (Å²) >= 11 is 1.38. The van der Waals surface area contributed by atoms with E-state index >= 15 is 4.39 Å². The van der Waals surface area contributed by atoms with Gasteiger partial charge in [-0.05, 0) is 39.0 Å². The molecule has 0 unspecified atom stereocenters. The summed E-state index contributed by atoms with van der Waals surface area (Å²) in [6.45, 7) is 8.06. The molecule has 0 radical (unpaired) electrons. The summed E-state index contributed by atoms with van der Waals surface area (Å²) in [6, 6.07) is 6.25. The minimum Gasteiger partial charge on any atom is -0.479 e. The molecule has 3 aromatic rings. The summed E-state index contributed by atoms with van der Waals surface area (Å²) in [4.78, 5) is 13.4. The van der Waals surface area contributed by atoms with E-state index in [1.807, 2.05) is 19.9 Å². The largest absolute Gasteiger partial charge is 0.479 e. The first-order valence-corrected chi connectivity index (χ1v) is 12.5. The second kappa shape index (κ2) is 10.5. The van der Waals surface area contributed by atoms with Crippen molar-refractivity contribution in [3.8, 4) is 17.6 Å². The fourth-order valence-electron chi connectivity index (χ4n) is 4.57. The van der Waals surface area contributed by atoms with E-state index in [-0.39, 0.29) is 18.1 Å². The number of nitrogens with zero attached hydrogens (tertiary/aromatic N) is 3. The third-order valence-corrected chi connectivity index (χ3v) is 8.01. The predicted molar refractivity (Wildman–Crippen MR) is 144 cm³/mol. The zero-order chi connectivity index (χ0) is 26.8. The number of aromatic nitrogens is 2. The van der Waals surface area contributed by atoms with E-state index in [1.54, 1.807) is 45.5 Å². The number of thioether (sulfide) groups is 1. The number of ether oxygens (including phenoxy) is 2. The lowest BCUT2D eigenvalue weighted by Gasteiger charge is -2.47. The number of fused-ring (bicyclic) bond motifs is 1. The molecule has 0 saturated carbocycles. The van der Waals surface area contributed by atoms with Crippen LogP contribution in [0.4, 0.5) is 20.3 Å². The molecular formula is C27H29F2N5O2S. The standard InChI is InChI=1S/C27H29F2N5O2S/c1-6-7-10-36-19-11-17-8-9-31-24(23(17)32-14-19)33-18-12-20(22(29)21(28)13-18)27(4)16(2)26(3,15-35-5)37-25(30)34-27/h8-9,11-14,16H,10,15H2,1-5H3,(H2,30,34)(H,31,33)/t16-,26-,27+/m1/s1. The first kappa shape index (κ1) is 26.6. The number of benzene rings is 1. The van der Waals surface area contributed by atoms with Gasteiger partial charge in [-0.2, -0.15) is 0 Å². The minimum absolute atomic E-state index is 0.0917. The van der Waals surface area contributed by atoms with E-state index < -0.39 is 21.9 Å². The molecule has 3 N–H and O–H groups in total. The van der Waals surface area contributed by atoms with Crippen LogP contribution in [0.15, 0.2) is 41.7 Å². The van der Waals surface area contributed by atoms with Crippen molar-refractivity contribution < 1.29 is 18.3 Å². The lowest BCUT2D eigenvalue weighted by atomic mass is 9.74. The van der Waals surface area contributed by atoms with Crippen molar-refractivity contribution in [2.75, 3.05) is 25.6 Å². The van der Waals surface area contributed by atoms with E-state index in [0.717, 1.165) is 11.5 Å². The normalized spacial score (nSPS) is 23.2. The summed E-state index contributed by atoms with van der Waals surface area (Å²) < 4.78 is 40.8. The Labute approximate surface area is 219 Å². The van der Waals surface area contributed by atoms with Crippen LogP contribution < -0.4 is 15.8 Å². The molecule has 10 heteroatoms. The van der Waals surface area contributed by atoms with Crippen LogP contribution in [0.5, 0.6) is 5.75 Å². The molecule has 0 aliphatic carbocycles. The third kappa shape index (κ3) is 5.20. The van der Waals surface area contributed by atoms with Crippen molar-refractivity contribution in [1.82, 2.24) is 9.97 Å². The van der Waals surface area contributed by atoms with Crippen LogP contribution >= 0.6 is 11.8 Å². The number of hydrogen-bond acceptors (Lipinski definition) is 8. The number of nitrogens with two attached hydrogens (primary N) is 1. The van der Waals surface area contributed by atoms with Crippen LogP contribution in [-0.4, -0.2) is 40.2 Å². The van der Waals surface area contributed by atoms with Crippen LogP contribution in [0.1, 0.15) is 33.3 Å². The van der Waals surface area contributed by atoms with Gasteiger partial charge >= 0.3 is 0 Å². The number of halogens is 2. The SMILES string of the molecule is CC#CCOc1cnc2c(Nc3cc(F)c(F)c([C@@]4(C)N=C(N)S[C@](C)(COC)[C@H]4C)c3)nccc2c1. The average molecular weight is 526 g/mol. The number of pyridine rings is 2. The monoisotopic (exact) mass is 525 g/mol. The van der Waals surface area contributed by atoms with Crippen molar-refractivity contribution in [3.63, 3.8) is 0 Å². The number of rotatable bonds is 7. The second-order valence-electron chi connectivity index (χ2n) is 9.23. The minimum atomic E-state index is -1.14. The van der Waals surface area contributed by atoms with Crippen molar-refractivity contribution in [1.29, 1.82) is 0 Å². The Balaban J connectivity index is 1.73. The fourth-order valence-corrected chi connectivity index (χ4v) is 5.87. The van der Waals surface area contributed by atoms with Gasteiger partial charge in [0.15, 0.2) is 22.6 Å². The third-order valence-electron chi connectivity index (χ3n) is 6.77. The molecule has 3 heterocycles. The Bertz CT molecular complexity index is 1420. The summed E-state index contributed by atoms with van der Waals surface area (Å²) in [6.07, 6.45) is 3.17. The quantitative estimate of drug-likeness (QED) is 0.401. The van der Waals surface area contributed by atoms with E-state index in [9.17, 15) is 4.39 Å². The van der Waals surface area contributed by atoms with Crippen molar-refractivity contribution >= 4 is 39.3 Å². The first-order chi connectivity index (χ1) is 17.6. The summed E-state index contributed by atoms with van der Waals surface area (Å²) in [5, 5.41) is 4.16. The molecule has 0 amide bonds. The van der Waals surface area contributed by atoms with Gasteiger partial charge in [-0.15, -0.1) is 5.92 Å². The number of hydrogen-bond donors (Lipinski definition) is 2. The summed E-state index contributed by atoms with van der Waals surface area (Å²) in [7, 11) is 1.60. The zero-order valence-corrected chi connectivity index (χ0v) is 22.2. The summed E-state index contributed by atoms with van der Waals surface area (Å²) in [5.41, 5.74) is 5.98. The van der Waals surface area contributed by atoms with Gasteiger partial charge in [0.25, 0.3) is 0 Å². The molecule has 0 spiro atoms. The summed E-state index contributed by atoms with van der Waals surface area (Å²) in [5.74, 6) is 4.34. The predicted octanol–water partition coefficient (Wildman–Crippen LogP) is 5.37. The molecule has 1 aliphatic heterocycles. The van der Waals surface area contributed by atoms with Crippen molar-refractivity contribution in [2.45, 2.75) is 38.0 Å². The van der Waals surface area contributed by atoms with E-state index in [2.05, 4.69) is 32.1 Å². The number of amidine groups is 1. The van der Waals surface area contributed by atoms with Crippen LogP contribution in [0.2, 0.25) is 0 Å². The van der Waals surface area contributed by atoms with Crippen LogP contribution in [-0.2, 0) is 10.3 Å². The van der Waals surface area contributed by atoms with Crippen LogP contribution in [0.25, 0.3) is 10.9 Å². The van der Waals surface area contributed by atoms with Gasteiger partial charge in [-0.1, -0.05) is 24.6 Å². The highest BCUT2D eigenvalue weighted by molar-refractivity contribution is 8.15. The molecule has 1 aromatic carbocycles. The second-order valence-corrected chi connectivity index (χ2v) is 10.8. The van der Waals surface area contributed by atoms with Crippen molar-refractivity contribution in [2.24, 2.45) is 16.6 Å². The highest BCUT2D eigenvalue weighted by atomic mass is 32.2. The number of aliphatic imine (C=N–C) groups is 1. The Morgan fingerprint density at radius 3 is 2.73 bits per heavy atom. The van der Waals surface area contributed by atoms with Gasteiger partial charge in [0, 0.05) is 46.7 Å². The lowest BCUT2D eigenvalue weighted by molar-refractivity contribution is 0.124. The topological polar surface area (TPSA) is 94.7 Å². The molecule has 7 nitrogen and oxygen atoms in total. The molecule has 2 aromatic heterocycles. The Hall–Kier alpha value is -3.42. The van der Waals surface area contributed by atoms with Gasteiger partial charge in [0.2, 0.25) is 0 Å². The molecule has 0 bridgehead atoms. The van der Waals surface area contributed by atoms with Crippen LogP contribution in [0, 0.1) is 29.4 Å². The maximum atomic E-state index is 15.3. The molecule has 3 atom stereocenters. The Morgan fingerprint density at radius 1 is 1.22 bits per heavy atom. The molecule has 0 saturated heterocycles. The van der Waals surface area contributed by atoms with Crippen molar-refractivity contribution in [3.05, 3.63) is 53.9 Å². The average Bonchev–Trinajstić information content (AvgIpc) is 2.85. The number of methoxy groups -OCH3 is 1. The van der Waals surface area contributed by atoms with Gasteiger partial charge in [-0.3, -0.25) is 4.99 Å². The van der Waals surface area contributed by atoms with Gasteiger partial charge in [-0.25, -0.2) is 18.7 Å². The van der Waals surface area contributed by atoms with E-state index in [1.165, 1.54) is 11.8 Å². The molecule has 1 aliphatic rings. The fraction of sp³-hybridized carbons (Fsp3) is 0.370. The lowest BCUT2D eigenvalue weighted by Crippen LogP contribution is -2.50. The highest BCUT2D eigenvalue weighted by Gasteiger charge is 2.50.